The Morgan fingerprint density at radius 2 is 1.82 bits per heavy atom. The summed E-state index contributed by atoms with van der Waals surface area (Å²) in [6, 6.07) is 12.8. The number of rotatable bonds is 9. The van der Waals surface area contributed by atoms with E-state index in [1.54, 1.807) is 12.2 Å². The van der Waals surface area contributed by atoms with Crippen LogP contribution in [-0.2, 0) is 19.2 Å². The van der Waals surface area contributed by atoms with Gasteiger partial charge in [0.2, 0.25) is 5.89 Å². The molecule has 0 unspecified atom stereocenters. The monoisotopic (exact) mass is 456 g/mol. The molecule has 2 N–H and O–H groups in total. The molecule has 1 aliphatic rings. The number of alkyl halides is 3. The van der Waals surface area contributed by atoms with Crippen molar-refractivity contribution in [3.63, 3.8) is 0 Å². The number of hydrazine groups is 2. The summed E-state index contributed by atoms with van der Waals surface area (Å²) in [5.74, 6) is 1.08. The van der Waals surface area contributed by atoms with Crippen LogP contribution in [0.5, 0.6) is 5.75 Å². The predicted molar refractivity (Wildman–Crippen MR) is 118 cm³/mol. The van der Waals surface area contributed by atoms with E-state index >= 15 is 0 Å². The summed E-state index contributed by atoms with van der Waals surface area (Å²) in [7, 11) is 0. The van der Waals surface area contributed by atoms with E-state index in [1.807, 2.05) is 41.7 Å². The Morgan fingerprint density at radius 3 is 2.52 bits per heavy atom. The molecule has 1 aliphatic heterocycles. The van der Waals surface area contributed by atoms with Crippen LogP contribution in [0.1, 0.15) is 34.7 Å². The summed E-state index contributed by atoms with van der Waals surface area (Å²) < 4.78 is 49.0. The van der Waals surface area contributed by atoms with Gasteiger partial charge >= 0.3 is 6.18 Å². The molecule has 0 saturated carbocycles. The second kappa shape index (κ2) is 10.3. The number of oxazole rings is 1. The van der Waals surface area contributed by atoms with Crippen LogP contribution in [0.15, 0.2) is 71.6 Å². The fourth-order valence-corrected chi connectivity index (χ4v) is 3.19. The molecule has 0 radical (unpaired) electrons. The lowest BCUT2D eigenvalue weighted by atomic mass is 10.1. The fourth-order valence-electron chi connectivity index (χ4n) is 3.19. The summed E-state index contributed by atoms with van der Waals surface area (Å²) >= 11 is 0. The molecule has 0 fully saturated rings. The van der Waals surface area contributed by atoms with Crippen LogP contribution in [0.4, 0.5) is 13.2 Å². The Bertz CT molecular complexity index is 1090. The van der Waals surface area contributed by atoms with Gasteiger partial charge in [-0.3, -0.25) is 5.01 Å². The highest BCUT2D eigenvalue weighted by Gasteiger charge is 2.29. The number of benzene rings is 2. The van der Waals surface area contributed by atoms with Crippen molar-refractivity contribution < 1.29 is 22.3 Å². The second-order valence-electron chi connectivity index (χ2n) is 7.43. The highest BCUT2D eigenvalue weighted by molar-refractivity contribution is 5.66. The van der Waals surface area contributed by atoms with E-state index in [0.717, 1.165) is 37.3 Å². The highest BCUT2D eigenvalue weighted by Crippen LogP contribution is 2.29. The molecule has 0 saturated heterocycles. The first-order valence-electron chi connectivity index (χ1n) is 10.4. The number of hydrogen-bond donors (Lipinski definition) is 2. The first-order valence-corrected chi connectivity index (χ1v) is 10.4. The van der Waals surface area contributed by atoms with E-state index < -0.39 is 11.7 Å². The van der Waals surface area contributed by atoms with Gasteiger partial charge in [0.15, 0.2) is 0 Å². The molecular weight excluding hydrogens is 433 g/mol. The summed E-state index contributed by atoms with van der Waals surface area (Å²) in [6.45, 7) is 1.15. The number of ether oxygens (including phenoxy) is 1. The summed E-state index contributed by atoms with van der Waals surface area (Å²) in [6.07, 6.45) is 6.17. The van der Waals surface area contributed by atoms with Crippen molar-refractivity contribution in [1.29, 1.82) is 0 Å². The maximum Gasteiger partial charge on any atom is 0.416 e. The van der Waals surface area contributed by atoms with Gasteiger partial charge < -0.3 is 14.6 Å². The SMILES string of the molecule is FC(F)(F)c1ccc(C=Cc2nc(COc3ccc(CCCN4C=CNN4)cc3)co2)cc1. The number of nitrogens with zero attached hydrogens (tertiary/aromatic N) is 2. The van der Waals surface area contributed by atoms with Crippen molar-refractivity contribution in [2.45, 2.75) is 25.6 Å². The Kier molecular flexibility index (Phi) is 6.99. The van der Waals surface area contributed by atoms with Gasteiger partial charge in [-0.25, -0.2) is 4.98 Å². The van der Waals surface area contributed by atoms with Crippen molar-refractivity contribution >= 4 is 12.2 Å². The number of halogens is 3. The fraction of sp³-hybridized carbons (Fsp3) is 0.208. The standard InChI is InChI=1S/C24H23F3N4O2/c25-24(26,27)20-8-3-19(4-9-20)7-12-23-29-21(17-33-23)16-32-22-10-5-18(6-11-22)2-1-14-31-15-13-28-30-31/h3-13,15,17,28,30H,1-2,14,16H2. The van der Waals surface area contributed by atoms with Gasteiger partial charge in [0, 0.05) is 25.0 Å². The molecule has 6 nitrogen and oxygen atoms in total. The second-order valence-corrected chi connectivity index (χ2v) is 7.43. The molecule has 2 heterocycles. The van der Waals surface area contributed by atoms with Gasteiger partial charge in [-0.2, -0.15) is 13.2 Å². The number of nitrogens with one attached hydrogen (secondary N) is 2. The third-order valence-electron chi connectivity index (χ3n) is 4.95. The minimum absolute atomic E-state index is 0.247. The molecular formula is C24H23F3N4O2. The minimum atomic E-state index is -4.35. The molecule has 0 aliphatic carbocycles. The van der Waals surface area contributed by atoms with Crippen LogP contribution >= 0.6 is 0 Å². The van der Waals surface area contributed by atoms with Crippen molar-refractivity contribution in [2.24, 2.45) is 0 Å². The van der Waals surface area contributed by atoms with Crippen LogP contribution in [0.25, 0.3) is 12.2 Å². The van der Waals surface area contributed by atoms with Gasteiger partial charge in [-0.05, 0) is 54.3 Å². The van der Waals surface area contributed by atoms with Crippen molar-refractivity contribution in [3.05, 3.63) is 95.5 Å². The van der Waals surface area contributed by atoms with Crippen LogP contribution in [0.2, 0.25) is 0 Å². The van der Waals surface area contributed by atoms with E-state index in [4.69, 9.17) is 9.15 Å². The smallest absolute Gasteiger partial charge is 0.416 e. The Hall–Kier alpha value is -3.72. The molecule has 9 heteroatoms. The molecule has 0 amide bonds. The predicted octanol–water partition coefficient (Wildman–Crippen LogP) is 5.17. The molecule has 1 aromatic heterocycles. The molecule has 33 heavy (non-hydrogen) atoms. The van der Waals surface area contributed by atoms with E-state index in [1.165, 1.54) is 24.0 Å². The van der Waals surface area contributed by atoms with Crippen LogP contribution in [0, 0.1) is 0 Å². The number of aromatic nitrogens is 1. The Balaban J connectivity index is 1.23. The third-order valence-corrected chi connectivity index (χ3v) is 4.95. The van der Waals surface area contributed by atoms with Crippen LogP contribution in [0.3, 0.4) is 0 Å². The van der Waals surface area contributed by atoms with Gasteiger partial charge in [0.05, 0.1) is 5.56 Å². The zero-order valence-corrected chi connectivity index (χ0v) is 17.7. The molecule has 0 spiro atoms. The van der Waals surface area contributed by atoms with Crippen molar-refractivity contribution in [2.75, 3.05) is 6.54 Å². The maximum absolute atomic E-state index is 12.6. The molecule has 172 valence electrons. The first kappa shape index (κ1) is 22.5. The normalized spacial score (nSPS) is 13.6. The topological polar surface area (TPSA) is 62.6 Å². The van der Waals surface area contributed by atoms with Crippen LogP contribution in [-0.4, -0.2) is 16.5 Å². The van der Waals surface area contributed by atoms with Crippen molar-refractivity contribution in [1.82, 2.24) is 21.0 Å². The maximum atomic E-state index is 12.6. The zero-order valence-electron chi connectivity index (χ0n) is 17.7. The van der Waals surface area contributed by atoms with Crippen LogP contribution < -0.4 is 15.7 Å². The molecule has 4 rings (SSSR count). The van der Waals surface area contributed by atoms with Gasteiger partial charge in [-0.15, -0.1) is 5.53 Å². The summed E-state index contributed by atoms with van der Waals surface area (Å²) in [5, 5.41) is 1.99. The minimum Gasteiger partial charge on any atom is -0.487 e. The first-order chi connectivity index (χ1) is 16.0. The Morgan fingerprint density at radius 1 is 1.03 bits per heavy atom. The van der Waals surface area contributed by atoms with Gasteiger partial charge in [0.25, 0.3) is 0 Å². The molecule has 0 atom stereocenters. The third kappa shape index (κ3) is 6.63. The quantitative estimate of drug-likeness (QED) is 0.463. The van der Waals surface area contributed by atoms with E-state index in [2.05, 4.69) is 15.9 Å². The molecule has 2 aromatic carbocycles. The lowest BCUT2D eigenvalue weighted by Gasteiger charge is -2.14. The summed E-state index contributed by atoms with van der Waals surface area (Å²) in [4.78, 5) is 4.31. The van der Waals surface area contributed by atoms with Crippen molar-refractivity contribution in [3.8, 4) is 5.75 Å². The van der Waals surface area contributed by atoms with Gasteiger partial charge in [0.1, 0.15) is 24.3 Å². The zero-order chi connectivity index (χ0) is 23.1. The molecule has 3 aromatic rings. The Labute approximate surface area is 189 Å². The summed E-state index contributed by atoms with van der Waals surface area (Å²) in [5.41, 5.74) is 7.69. The average molecular weight is 456 g/mol. The van der Waals surface area contributed by atoms with E-state index in [0.29, 0.717) is 17.1 Å². The largest absolute Gasteiger partial charge is 0.487 e. The lowest BCUT2D eigenvalue weighted by Crippen LogP contribution is -2.36. The number of aryl methyl sites for hydroxylation is 1. The average Bonchev–Trinajstić information content (AvgIpc) is 3.49. The lowest BCUT2D eigenvalue weighted by molar-refractivity contribution is -0.137. The van der Waals surface area contributed by atoms with Gasteiger partial charge in [-0.1, -0.05) is 24.3 Å². The van der Waals surface area contributed by atoms with E-state index in [9.17, 15) is 13.2 Å². The highest BCUT2D eigenvalue weighted by atomic mass is 19.4. The van der Waals surface area contributed by atoms with E-state index in [-0.39, 0.29) is 6.61 Å². The number of hydrogen-bond acceptors (Lipinski definition) is 6. The molecule has 0 bridgehead atoms.